The Morgan fingerprint density at radius 1 is 0.862 bits per heavy atom. The van der Waals surface area contributed by atoms with Gasteiger partial charge >= 0.3 is 0 Å². The fourth-order valence-corrected chi connectivity index (χ4v) is 3.98. The first-order valence-corrected chi connectivity index (χ1v) is 10.4. The van der Waals surface area contributed by atoms with Gasteiger partial charge in [-0.15, -0.1) is 0 Å². The number of carbonyl (C=O) groups is 1. The van der Waals surface area contributed by atoms with E-state index in [1.54, 1.807) is 0 Å². The number of hydrogen-bond donors (Lipinski definition) is 1. The molecule has 147 valence electrons. The molecule has 29 heavy (non-hydrogen) atoms. The summed E-state index contributed by atoms with van der Waals surface area (Å²) in [5.74, 6) is 0.0236. The standard InChI is InChI=1S/C26H27N2O/c29-26(20-19-22-13-10-12-21-11-4-1-9-18-25(21)22)27-28(23-14-5-2-6-15-23)24-16-7-3-8-17-24/h2-8,10,12-17H,1,9,11,18-20H2,(H,27,29). The number of nitrogens with one attached hydrogen (secondary N) is 1. The zero-order valence-corrected chi connectivity index (χ0v) is 16.7. The summed E-state index contributed by atoms with van der Waals surface area (Å²) in [7, 11) is 0. The molecule has 1 aliphatic rings. The molecule has 1 N–H and O–H groups in total. The molecule has 0 aliphatic heterocycles. The van der Waals surface area contributed by atoms with Crippen molar-refractivity contribution >= 4 is 17.3 Å². The van der Waals surface area contributed by atoms with Gasteiger partial charge in [0.2, 0.25) is 5.91 Å². The van der Waals surface area contributed by atoms with Gasteiger partial charge in [-0.2, -0.15) is 0 Å². The van der Waals surface area contributed by atoms with E-state index in [0.29, 0.717) is 6.42 Å². The fourth-order valence-electron chi connectivity index (χ4n) is 3.98. The van der Waals surface area contributed by atoms with E-state index in [2.05, 4.69) is 30.0 Å². The second kappa shape index (κ2) is 9.42. The van der Waals surface area contributed by atoms with Crippen LogP contribution in [0.3, 0.4) is 0 Å². The first kappa shape index (κ1) is 19.3. The molecule has 0 heterocycles. The molecule has 4 rings (SSSR count). The topological polar surface area (TPSA) is 32.3 Å². The lowest BCUT2D eigenvalue weighted by molar-refractivity contribution is -0.121. The number of para-hydroxylation sites is 2. The Bertz CT molecular complexity index is 898. The minimum Gasteiger partial charge on any atom is -0.273 e. The van der Waals surface area contributed by atoms with Crippen LogP contribution in [0.1, 0.15) is 36.0 Å². The van der Waals surface area contributed by atoms with Gasteiger partial charge in [-0.05, 0) is 79.5 Å². The monoisotopic (exact) mass is 383 g/mol. The Kier molecular flexibility index (Phi) is 6.25. The lowest BCUT2D eigenvalue weighted by Gasteiger charge is -2.25. The third-order valence-corrected chi connectivity index (χ3v) is 5.46. The summed E-state index contributed by atoms with van der Waals surface area (Å²) in [5, 5.41) is 1.86. The molecule has 0 saturated carbocycles. The van der Waals surface area contributed by atoms with Gasteiger partial charge in [0.05, 0.1) is 11.4 Å². The number of hydrogen-bond acceptors (Lipinski definition) is 2. The van der Waals surface area contributed by atoms with Crippen LogP contribution in [0, 0.1) is 6.42 Å². The van der Waals surface area contributed by atoms with Gasteiger partial charge in [0.1, 0.15) is 0 Å². The highest BCUT2D eigenvalue weighted by Crippen LogP contribution is 2.25. The molecule has 1 radical (unpaired) electrons. The number of amides is 1. The molecule has 1 amide bonds. The van der Waals surface area contributed by atoms with E-state index < -0.39 is 0 Å². The van der Waals surface area contributed by atoms with Gasteiger partial charge in [0.15, 0.2) is 0 Å². The molecule has 0 atom stereocenters. The summed E-state index contributed by atoms with van der Waals surface area (Å²) in [6.45, 7) is 0. The summed E-state index contributed by atoms with van der Waals surface area (Å²) in [4.78, 5) is 12.9. The van der Waals surface area contributed by atoms with Crippen molar-refractivity contribution in [2.45, 2.75) is 38.5 Å². The number of nitrogens with zero attached hydrogens (tertiary/aromatic N) is 1. The number of benzene rings is 3. The SMILES string of the molecule is O=C(CCc1cccc2c1CCC[CH]C2)NN(c1ccccc1)c1ccccc1. The second-order valence-electron chi connectivity index (χ2n) is 7.48. The number of anilines is 2. The molecule has 3 aromatic rings. The molecule has 0 fully saturated rings. The Labute approximate surface area is 173 Å². The summed E-state index contributed by atoms with van der Waals surface area (Å²) in [6.07, 6.45) is 8.15. The fraction of sp³-hybridized carbons (Fsp3) is 0.231. The first-order chi connectivity index (χ1) is 14.3. The number of hydrazine groups is 1. The van der Waals surface area contributed by atoms with Crippen LogP contribution >= 0.6 is 0 Å². The molecule has 0 bridgehead atoms. The van der Waals surface area contributed by atoms with Crippen LogP contribution < -0.4 is 10.4 Å². The minimum atomic E-state index is 0.0236. The minimum absolute atomic E-state index is 0.0236. The molecule has 3 aromatic carbocycles. The van der Waals surface area contributed by atoms with Gasteiger partial charge in [-0.3, -0.25) is 15.2 Å². The zero-order chi connectivity index (χ0) is 19.9. The lowest BCUT2D eigenvalue weighted by atomic mass is 9.94. The van der Waals surface area contributed by atoms with Crippen LogP contribution in [0.25, 0.3) is 0 Å². The maximum absolute atomic E-state index is 12.9. The Hall–Kier alpha value is -3.07. The summed E-state index contributed by atoms with van der Waals surface area (Å²) in [6, 6.07) is 26.4. The van der Waals surface area contributed by atoms with E-state index in [1.165, 1.54) is 29.5 Å². The Balaban J connectivity index is 1.47. The molecule has 1 aliphatic carbocycles. The van der Waals surface area contributed by atoms with Crippen LogP contribution in [0.2, 0.25) is 0 Å². The molecule has 0 spiro atoms. The van der Waals surface area contributed by atoms with Crippen LogP contribution in [0.4, 0.5) is 11.4 Å². The molecule has 0 unspecified atom stereocenters. The number of rotatable bonds is 6. The average Bonchev–Trinajstić information content (AvgIpc) is 3.03. The van der Waals surface area contributed by atoms with Crippen molar-refractivity contribution in [3.8, 4) is 0 Å². The largest absolute Gasteiger partial charge is 0.273 e. The molecule has 3 heteroatoms. The van der Waals surface area contributed by atoms with E-state index in [4.69, 9.17) is 0 Å². The third kappa shape index (κ3) is 4.86. The van der Waals surface area contributed by atoms with Crippen LogP contribution in [-0.4, -0.2) is 5.91 Å². The zero-order valence-electron chi connectivity index (χ0n) is 16.7. The smallest absolute Gasteiger partial charge is 0.239 e. The normalized spacial score (nSPS) is 13.2. The van der Waals surface area contributed by atoms with E-state index in [9.17, 15) is 4.79 Å². The van der Waals surface area contributed by atoms with Gasteiger partial charge in [0, 0.05) is 6.42 Å². The van der Waals surface area contributed by atoms with Crippen molar-refractivity contribution in [1.29, 1.82) is 0 Å². The van der Waals surface area contributed by atoms with Crippen molar-refractivity contribution < 1.29 is 4.79 Å². The predicted octanol–water partition coefficient (Wildman–Crippen LogP) is 5.57. The summed E-state index contributed by atoms with van der Waals surface area (Å²) >= 11 is 0. The maximum Gasteiger partial charge on any atom is 0.239 e. The van der Waals surface area contributed by atoms with Crippen molar-refractivity contribution in [3.05, 3.63) is 102 Å². The number of fused-ring (bicyclic) bond motifs is 1. The van der Waals surface area contributed by atoms with Crippen LogP contribution in [-0.2, 0) is 24.1 Å². The van der Waals surface area contributed by atoms with Gasteiger partial charge in [-0.1, -0.05) is 54.6 Å². The molecular weight excluding hydrogens is 356 g/mol. The third-order valence-electron chi connectivity index (χ3n) is 5.46. The van der Waals surface area contributed by atoms with E-state index in [-0.39, 0.29) is 5.91 Å². The van der Waals surface area contributed by atoms with Crippen molar-refractivity contribution in [1.82, 2.24) is 5.43 Å². The predicted molar refractivity (Wildman–Crippen MR) is 119 cm³/mol. The van der Waals surface area contributed by atoms with Crippen LogP contribution in [0.15, 0.2) is 78.9 Å². The molecular formula is C26H27N2O. The number of aryl methyl sites for hydroxylation is 1. The van der Waals surface area contributed by atoms with Crippen LogP contribution in [0.5, 0.6) is 0 Å². The average molecular weight is 384 g/mol. The summed E-state index contributed by atoms with van der Waals surface area (Å²) in [5.41, 5.74) is 9.18. The van der Waals surface area contributed by atoms with Gasteiger partial charge in [0.25, 0.3) is 0 Å². The molecule has 3 nitrogen and oxygen atoms in total. The van der Waals surface area contributed by atoms with Crippen molar-refractivity contribution in [3.63, 3.8) is 0 Å². The lowest BCUT2D eigenvalue weighted by Crippen LogP contribution is -2.39. The number of carbonyl (C=O) groups excluding carboxylic acids is 1. The Morgan fingerprint density at radius 3 is 2.24 bits per heavy atom. The Morgan fingerprint density at radius 2 is 1.55 bits per heavy atom. The highest BCUT2D eigenvalue weighted by atomic mass is 16.2. The highest BCUT2D eigenvalue weighted by Gasteiger charge is 2.15. The van der Waals surface area contributed by atoms with E-state index in [0.717, 1.165) is 30.6 Å². The first-order valence-electron chi connectivity index (χ1n) is 10.4. The van der Waals surface area contributed by atoms with Crippen molar-refractivity contribution in [2.24, 2.45) is 0 Å². The second-order valence-corrected chi connectivity index (χ2v) is 7.48. The van der Waals surface area contributed by atoms with E-state index in [1.807, 2.05) is 65.7 Å². The van der Waals surface area contributed by atoms with Gasteiger partial charge < -0.3 is 0 Å². The maximum atomic E-state index is 12.9. The van der Waals surface area contributed by atoms with E-state index >= 15 is 0 Å². The van der Waals surface area contributed by atoms with Gasteiger partial charge in [-0.25, -0.2) is 0 Å². The molecule has 0 saturated heterocycles. The summed E-state index contributed by atoms with van der Waals surface area (Å²) < 4.78 is 0. The van der Waals surface area contributed by atoms with Crippen molar-refractivity contribution in [2.75, 3.05) is 5.01 Å². The highest BCUT2D eigenvalue weighted by molar-refractivity contribution is 5.80. The molecule has 0 aromatic heterocycles. The quantitative estimate of drug-likeness (QED) is 0.446.